The van der Waals surface area contributed by atoms with E-state index in [1.54, 1.807) is 11.0 Å². The lowest BCUT2D eigenvalue weighted by Gasteiger charge is -2.36. The first-order valence-corrected chi connectivity index (χ1v) is 11.6. The molecule has 1 spiro atoms. The second-order valence-electron chi connectivity index (χ2n) is 8.11. The van der Waals surface area contributed by atoms with E-state index in [1.165, 1.54) is 11.8 Å². The van der Waals surface area contributed by atoms with Gasteiger partial charge in [0.05, 0.1) is 5.69 Å². The van der Waals surface area contributed by atoms with Crippen molar-refractivity contribution in [2.45, 2.75) is 45.1 Å². The summed E-state index contributed by atoms with van der Waals surface area (Å²) in [5, 5.41) is 4.08. The molecule has 0 aromatic heterocycles. The van der Waals surface area contributed by atoms with Crippen molar-refractivity contribution in [3.63, 3.8) is 0 Å². The summed E-state index contributed by atoms with van der Waals surface area (Å²) in [5.41, 5.74) is 0.688. The van der Waals surface area contributed by atoms with Crippen molar-refractivity contribution in [1.29, 1.82) is 0 Å². The zero-order valence-corrected chi connectivity index (χ0v) is 18.7. The van der Waals surface area contributed by atoms with Crippen molar-refractivity contribution in [1.82, 2.24) is 15.1 Å². The van der Waals surface area contributed by atoms with Gasteiger partial charge in [0, 0.05) is 17.3 Å². The van der Waals surface area contributed by atoms with Gasteiger partial charge in [0.1, 0.15) is 12.1 Å². The number of rotatable bonds is 3. The van der Waals surface area contributed by atoms with Crippen molar-refractivity contribution in [2.75, 3.05) is 18.8 Å². The van der Waals surface area contributed by atoms with Crippen LogP contribution in [-0.2, 0) is 9.59 Å². The lowest BCUT2D eigenvalue weighted by molar-refractivity contribution is -0.138. The number of aliphatic imine (C=N–C) groups is 1. The minimum absolute atomic E-state index is 0.0630. The molecule has 7 nitrogen and oxygen atoms in total. The molecule has 1 aromatic rings. The third-order valence-electron chi connectivity index (χ3n) is 6.33. The molecular formula is C21H25ClN4O3S. The van der Waals surface area contributed by atoms with E-state index in [4.69, 9.17) is 11.6 Å². The predicted octanol–water partition coefficient (Wildman–Crippen LogP) is 3.71. The molecule has 1 N–H and O–H groups in total. The van der Waals surface area contributed by atoms with E-state index in [0.29, 0.717) is 34.6 Å². The number of hydrogen-bond acceptors (Lipinski definition) is 5. The second kappa shape index (κ2) is 8.23. The van der Waals surface area contributed by atoms with Gasteiger partial charge in [0.15, 0.2) is 5.17 Å². The first kappa shape index (κ1) is 21.2. The van der Waals surface area contributed by atoms with Crippen LogP contribution in [0.3, 0.4) is 0 Å². The fourth-order valence-electron chi connectivity index (χ4n) is 4.41. The molecule has 4 amide bonds. The highest BCUT2D eigenvalue weighted by atomic mass is 35.5. The molecule has 3 aliphatic rings. The minimum atomic E-state index is -0.857. The molecule has 0 unspecified atom stereocenters. The first-order valence-electron chi connectivity index (χ1n) is 10.2. The van der Waals surface area contributed by atoms with Crippen LogP contribution in [0, 0.1) is 12.8 Å². The van der Waals surface area contributed by atoms with Crippen molar-refractivity contribution < 1.29 is 14.4 Å². The summed E-state index contributed by atoms with van der Waals surface area (Å²) >= 11 is 7.66. The van der Waals surface area contributed by atoms with Gasteiger partial charge in [-0.1, -0.05) is 49.2 Å². The summed E-state index contributed by atoms with van der Waals surface area (Å²) in [6, 6.07) is 4.99. The van der Waals surface area contributed by atoms with Gasteiger partial charge in [-0.2, -0.15) is 0 Å². The molecule has 2 saturated heterocycles. The van der Waals surface area contributed by atoms with Gasteiger partial charge in [0.2, 0.25) is 5.91 Å². The number of thioether (sulfide) groups is 1. The molecule has 0 radical (unpaired) electrons. The van der Waals surface area contributed by atoms with Crippen LogP contribution in [0.5, 0.6) is 0 Å². The van der Waals surface area contributed by atoms with Crippen LogP contribution in [0.2, 0.25) is 5.02 Å². The average molecular weight is 449 g/mol. The number of amidine groups is 1. The van der Waals surface area contributed by atoms with E-state index in [9.17, 15) is 14.4 Å². The number of halogens is 1. The summed E-state index contributed by atoms with van der Waals surface area (Å²) in [6.45, 7) is 4.10. The van der Waals surface area contributed by atoms with Crippen LogP contribution in [0.1, 0.15) is 38.2 Å². The number of nitrogens with one attached hydrogen (secondary N) is 1. The Labute approximate surface area is 185 Å². The third-order valence-corrected chi connectivity index (χ3v) is 7.69. The highest BCUT2D eigenvalue weighted by Crippen LogP contribution is 2.38. The number of carbonyl (C=O) groups excluding carboxylic acids is 3. The summed E-state index contributed by atoms with van der Waals surface area (Å²) < 4.78 is 0. The molecule has 1 saturated carbocycles. The number of benzene rings is 1. The zero-order chi connectivity index (χ0) is 21.5. The minimum Gasteiger partial charge on any atom is -0.323 e. The first-order chi connectivity index (χ1) is 14.3. The summed E-state index contributed by atoms with van der Waals surface area (Å²) in [4.78, 5) is 46.0. The van der Waals surface area contributed by atoms with Gasteiger partial charge >= 0.3 is 6.03 Å². The molecule has 9 heteroatoms. The lowest BCUT2D eigenvalue weighted by atomic mass is 9.73. The van der Waals surface area contributed by atoms with Gasteiger partial charge in [-0.05, 0) is 43.4 Å². The number of imide groups is 1. The van der Waals surface area contributed by atoms with Gasteiger partial charge in [-0.15, -0.1) is 0 Å². The maximum Gasteiger partial charge on any atom is 0.325 e. The monoisotopic (exact) mass is 448 g/mol. The van der Waals surface area contributed by atoms with Crippen molar-refractivity contribution in [2.24, 2.45) is 10.9 Å². The quantitative estimate of drug-likeness (QED) is 0.714. The Hall–Kier alpha value is -2.06. The van der Waals surface area contributed by atoms with Crippen LogP contribution >= 0.6 is 23.4 Å². The SMILES string of the molecule is Cc1c(Cl)cccc1N=C1SCCN1C(=O)CN1C(=O)N[C@@]2(CCCC[C@H]2C)C1=O. The van der Waals surface area contributed by atoms with Crippen molar-refractivity contribution >= 4 is 52.1 Å². The Balaban J connectivity index is 1.52. The van der Waals surface area contributed by atoms with Crippen LogP contribution < -0.4 is 5.32 Å². The molecule has 2 heterocycles. The van der Waals surface area contributed by atoms with Gasteiger partial charge in [0.25, 0.3) is 5.91 Å². The number of hydrogen-bond donors (Lipinski definition) is 1. The highest BCUT2D eigenvalue weighted by molar-refractivity contribution is 8.14. The standard InChI is InChI=1S/C21H25ClN4O3S/c1-13-6-3-4-9-21(13)18(28)26(19(29)24-21)12-17(27)25-10-11-30-20(25)23-16-8-5-7-15(22)14(16)2/h5,7-8,13H,3-4,6,9-12H2,1-2H3,(H,24,29)/t13-,21-/m1/s1. The Morgan fingerprint density at radius 1 is 1.37 bits per heavy atom. The molecular weight excluding hydrogens is 424 g/mol. The van der Waals surface area contributed by atoms with E-state index in [1.807, 2.05) is 26.0 Å². The van der Waals surface area contributed by atoms with Crippen LogP contribution in [-0.4, -0.2) is 57.2 Å². The summed E-state index contributed by atoms with van der Waals surface area (Å²) in [6.07, 6.45) is 3.48. The smallest absolute Gasteiger partial charge is 0.323 e. The molecule has 30 heavy (non-hydrogen) atoms. The maximum absolute atomic E-state index is 13.1. The van der Waals surface area contributed by atoms with Crippen molar-refractivity contribution in [3.05, 3.63) is 28.8 Å². The Kier molecular flexibility index (Phi) is 5.81. The predicted molar refractivity (Wildman–Crippen MR) is 118 cm³/mol. The fourth-order valence-corrected chi connectivity index (χ4v) is 5.54. The third kappa shape index (κ3) is 3.60. The van der Waals surface area contributed by atoms with E-state index in [0.717, 1.165) is 29.7 Å². The topological polar surface area (TPSA) is 82.1 Å². The largest absolute Gasteiger partial charge is 0.325 e. The number of amides is 4. The van der Waals surface area contributed by atoms with E-state index in [2.05, 4.69) is 10.3 Å². The Morgan fingerprint density at radius 3 is 2.93 bits per heavy atom. The Morgan fingerprint density at radius 2 is 2.17 bits per heavy atom. The van der Waals surface area contributed by atoms with Crippen LogP contribution in [0.15, 0.2) is 23.2 Å². The summed E-state index contributed by atoms with van der Waals surface area (Å²) in [5.74, 6) is 0.199. The molecule has 3 fully saturated rings. The van der Waals surface area contributed by atoms with Gasteiger partial charge < -0.3 is 5.32 Å². The molecule has 1 aliphatic carbocycles. The van der Waals surface area contributed by atoms with Crippen LogP contribution in [0.4, 0.5) is 10.5 Å². The van der Waals surface area contributed by atoms with Crippen LogP contribution in [0.25, 0.3) is 0 Å². The maximum atomic E-state index is 13.1. The summed E-state index contributed by atoms with van der Waals surface area (Å²) in [7, 11) is 0. The lowest BCUT2D eigenvalue weighted by Crippen LogP contribution is -2.54. The van der Waals surface area contributed by atoms with E-state index < -0.39 is 11.6 Å². The second-order valence-corrected chi connectivity index (χ2v) is 9.58. The van der Waals surface area contributed by atoms with E-state index >= 15 is 0 Å². The fraction of sp³-hybridized carbons (Fsp3) is 0.524. The van der Waals surface area contributed by atoms with Gasteiger partial charge in [-0.3, -0.25) is 19.4 Å². The molecule has 4 rings (SSSR count). The van der Waals surface area contributed by atoms with Gasteiger partial charge in [-0.25, -0.2) is 9.79 Å². The number of carbonyl (C=O) groups is 3. The van der Waals surface area contributed by atoms with E-state index in [-0.39, 0.29) is 24.3 Å². The molecule has 1 aromatic carbocycles. The number of urea groups is 1. The highest BCUT2D eigenvalue weighted by Gasteiger charge is 2.55. The average Bonchev–Trinajstić information content (AvgIpc) is 3.27. The molecule has 160 valence electrons. The molecule has 2 aliphatic heterocycles. The number of nitrogens with zero attached hydrogens (tertiary/aromatic N) is 3. The van der Waals surface area contributed by atoms with Crippen molar-refractivity contribution in [3.8, 4) is 0 Å². The Bertz CT molecular complexity index is 937. The molecule has 0 bridgehead atoms. The zero-order valence-electron chi connectivity index (χ0n) is 17.1. The molecule has 2 atom stereocenters. The normalized spacial score (nSPS) is 28.0.